The number of methoxy groups -OCH3 is 1. The number of hydrogen-bond acceptors (Lipinski definition) is 7. The minimum Gasteiger partial charge on any atom is -0.493 e. The van der Waals surface area contributed by atoms with Crippen LogP contribution in [0.1, 0.15) is 34.7 Å². The van der Waals surface area contributed by atoms with Gasteiger partial charge in [0.15, 0.2) is 29.0 Å². The summed E-state index contributed by atoms with van der Waals surface area (Å²) >= 11 is 0. The van der Waals surface area contributed by atoms with Crippen molar-refractivity contribution >= 4 is 6.21 Å². The van der Waals surface area contributed by atoms with Crippen LogP contribution in [0.4, 0.5) is 0 Å². The van der Waals surface area contributed by atoms with Crippen molar-refractivity contribution in [3.05, 3.63) is 58.5 Å². The molecule has 0 spiro atoms. The first kappa shape index (κ1) is 19.6. The van der Waals surface area contributed by atoms with Crippen LogP contribution in [0.2, 0.25) is 0 Å². The summed E-state index contributed by atoms with van der Waals surface area (Å²) in [5, 5.41) is 9.21. The molecule has 8 nitrogen and oxygen atoms in total. The maximum Gasteiger partial charge on any atom is 0.231 e. The average molecular weight is 436 g/mol. The van der Waals surface area contributed by atoms with Crippen LogP contribution in [0, 0.1) is 0 Å². The molecule has 0 radical (unpaired) electrons. The number of hydroxylamine groups is 1. The Morgan fingerprint density at radius 1 is 1.19 bits per heavy atom. The standard InChI is InChI=1S/C24H25N3O5/c1-29-20-4-2-14-8-19-17-10-22-21(30-13-31-22)9-15(17)6-7-27(19)12-18(14)24(20)32-23-5-3-16(26-28)11-25-23/h2,4-5,9-11,16,19,26,28H,3,6-8,12-13H2,1H3/p+1. The summed E-state index contributed by atoms with van der Waals surface area (Å²) in [7, 11) is 1.66. The van der Waals surface area contributed by atoms with E-state index in [1.807, 2.05) is 12.1 Å². The Morgan fingerprint density at radius 3 is 2.84 bits per heavy atom. The van der Waals surface area contributed by atoms with Gasteiger partial charge in [0, 0.05) is 31.1 Å². The maximum atomic E-state index is 9.21. The molecule has 4 aliphatic heterocycles. The molecule has 4 aliphatic rings. The summed E-state index contributed by atoms with van der Waals surface area (Å²) in [4.78, 5) is 6.88. The molecule has 0 fully saturated rings. The minimum atomic E-state index is -0.0704. The van der Waals surface area contributed by atoms with Gasteiger partial charge in [-0.3, -0.25) is 4.90 Å². The zero-order chi connectivity index (χ0) is 21.7. The molecular weight excluding hydrogens is 410 g/mol. The van der Waals surface area contributed by atoms with Crippen LogP contribution in [-0.4, -0.2) is 42.8 Å². The van der Waals surface area contributed by atoms with Gasteiger partial charge < -0.3 is 18.9 Å². The van der Waals surface area contributed by atoms with Gasteiger partial charge in [0.25, 0.3) is 0 Å². The Morgan fingerprint density at radius 2 is 2.06 bits per heavy atom. The van der Waals surface area contributed by atoms with Gasteiger partial charge in [0.2, 0.25) is 12.7 Å². The summed E-state index contributed by atoms with van der Waals surface area (Å²) in [6.45, 7) is 2.05. The third-order valence-corrected chi connectivity index (χ3v) is 6.77. The van der Waals surface area contributed by atoms with Gasteiger partial charge in [-0.2, -0.15) is 5.48 Å². The molecule has 2 unspecified atom stereocenters. The van der Waals surface area contributed by atoms with Gasteiger partial charge in [-0.15, -0.1) is 0 Å². The zero-order valence-corrected chi connectivity index (χ0v) is 17.9. The Balaban J connectivity index is 1.34. The summed E-state index contributed by atoms with van der Waals surface area (Å²) < 4.78 is 23.1. The lowest BCUT2D eigenvalue weighted by atomic mass is 9.83. The monoisotopic (exact) mass is 436 g/mol. The Hall–Kier alpha value is -3.07. The summed E-state index contributed by atoms with van der Waals surface area (Å²) in [6, 6.07) is 8.67. The topological polar surface area (TPSA) is 89.4 Å². The Labute approximate surface area is 186 Å². The predicted octanol–water partition coefficient (Wildman–Crippen LogP) is 2.10. The van der Waals surface area contributed by atoms with Gasteiger partial charge in [-0.1, -0.05) is 6.07 Å². The molecule has 2 aromatic carbocycles. The van der Waals surface area contributed by atoms with Crippen molar-refractivity contribution in [2.45, 2.75) is 37.9 Å². The van der Waals surface area contributed by atoms with E-state index in [1.54, 1.807) is 13.3 Å². The average Bonchev–Trinajstić information content (AvgIpc) is 3.30. The molecule has 0 bridgehead atoms. The smallest absolute Gasteiger partial charge is 0.231 e. The van der Waals surface area contributed by atoms with Crippen molar-refractivity contribution in [1.82, 2.24) is 4.90 Å². The summed E-state index contributed by atoms with van der Waals surface area (Å²) in [5.74, 6) is 3.67. The van der Waals surface area contributed by atoms with Crippen LogP contribution >= 0.6 is 0 Å². The molecular formula is C24H26N3O5+. The van der Waals surface area contributed by atoms with Crippen LogP contribution in [-0.2, 0) is 19.4 Å². The lowest BCUT2D eigenvalue weighted by Crippen LogP contribution is -2.87. The number of rotatable bonds is 4. The highest BCUT2D eigenvalue weighted by atomic mass is 16.7. The number of benzene rings is 2. The van der Waals surface area contributed by atoms with Crippen LogP contribution in [0.25, 0.3) is 0 Å². The third-order valence-electron chi connectivity index (χ3n) is 6.77. The van der Waals surface area contributed by atoms with E-state index in [-0.39, 0.29) is 6.04 Å². The summed E-state index contributed by atoms with van der Waals surface area (Å²) in [6.07, 6.45) is 6.15. The fourth-order valence-electron chi connectivity index (χ4n) is 5.06. The highest BCUT2D eigenvalue weighted by Gasteiger charge is 2.36. The van der Waals surface area contributed by atoms with E-state index in [1.165, 1.54) is 16.7 Å². The quantitative estimate of drug-likeness (QED) is 0.714. The largest absolute Gasteiger partial charge is 0.493 e. The second kappa shape index (κ2) is 7.81. The molecule has 3 N–H and O–H groups in total. The van der Waals surface area contributed by atoms with E-state index in [9.17, 15) is 5.21 Å². The number of fused-ring (bicyclic) bond motifs is 5. The number of ether oxygens (including phenoxy) is 4. The van der Waals surface area contributed by atoms with Crippen molar-refractivity contribution in [3.8, 4) is 23.0 Å². The third kappa shape index (κ3) is 3.23. The minimum absolute atomic E-state index is 0.0704. The number of hydrogen-bond donors (Lipinski definition) is 2. The number of nitrogens with two attached hydrogens (primary N) is 1. The van der Waals surface area contributed by atoms with Gasteiger partial charge >= 0.3 is 0 Å². The highest BCUT2D eigenvalue weighted by molar-refractivity contribution is 5.65. The Kier molecular flexibility index (Phi) is 4.78. The molecule has 0 aromatic heterocycles. The van der Waals surface area contributed by atoms with Crippen LogP contribution in [0.15, 0.2) is 41.2 Å². The van der Waals surface area contributed by atoms with Gasteiger partial charge in [0.05, 0.1) is 13.3 Å². The normalized spacial score (nSPS) is 23.1. The number of quaternary nitrogens is 1. The lowest BCUT2D eigenvalue weighted by molar-refractivity contribution is -0.899. The number of aliphatic imine (C=N–C) groups is 1. The number of nitrogens with zero attached hydrogens (tertiary/aromatic N) is 2. The van der Waals surface area contributed by atoms with Crippen molar-refractivity contribution in [3.63, 3.8) is 0 Å². The SMILES string of the molecule is COc1ccc2c(c1OC1=CCC([NH2+]O)C=N1)CN1CCc3cc4c(cc3C1C2)OCO4. The maximum absolute atomic E-state index is 9.21. The first-order valence-electron chi connectivity index (χ1n) is 11.0. The van der Waals surface area contributed by atoms with Crippen LogP contribution in [0.5, 0.6) is 23.0 Å². The molecule has 6 rings (SSSR count). The molecule has 2 aromatic rings. The fraction of sp³-hybridized carbons (Fsp3) is 0.375. The van der Waals surface area contributed by atoms with E-state index in [0.717, 1.165) is 54.2 Å². The molecule has 166 valence electrons. The zero-order valence-electron chi connectivity index (χ0n) is 17.9. The van der Waals surface area contributed by atoms with E-state index in [0.29, 0.717) is 30.9 Å². The van der Waals surface area contributed by atoms with Gasteiger partial charge in [0.1, 0.15) is 0 Å². The summed E-state index contributed by atoms with van der Waals surface area (Å²) in [5.41, 5.74) is 6.24. The van der Waals surface area contributed by atoms with Crippen LogP contribution < -0.4 is 24.4 Å². The molecule has 4 heterocycles. The highest BCUT2D eigenvalue weighted by Crippen LogP contribution is 2.47. The molecule has 0 amide bonds. The molecule has 0 aliphatic carbocycles. The fourth-order valence-corrected chi connectivity index (χ4v) is 5.06. The lowest BCUT2D eigenvalue weighted by Gasteiger charge is -2.42. The molecule has 32 heavy (non-hydrogen) atoms. The second-order valence-corrected chi connectivity index (χ2v) is 8.55. The van der Waals surface area contributed by atoms with Crippen LogP contribution in [0.3, 0.4) is 0 Å². The van der Waals surface area contributed by atoms with E-state index < -0.39 is 0 Å². The van der Waals surface area contributed by atoms with E-state index in [4.69, 9.17) is 18.9 Å². The van der Waals surface area contributed by atoms with Crippen molar-refractivity contribution in [1.29, 1.82) is 0 Å². The molecule has 0 saturated carbocycles. The molecule has 8 heteroatoms. The van der Waals surface area contributed by atoms with Crippen molar-refractivity contribution in [2.24, 2.45) is 4.99 Å². The molecule has 2 atom stereocenters. The van der Waals surface area contributed by atoms with E-state index >= 15 is 0 Å². The van der Waals surface area contributed by atoms with E-state index in [2.05, 4.69) is 28.1 Å². The predicted molar refractivity (Wildman–Crippen MR) is 115 cm³/mol. The van der Waals surface area contributed by atoms with Gasteiger partial charge in [-0.25, -0.2) is 10.2 Å². The first-order valence-corrected chi connectivity index (χ1v) is 11.0. The van der Waals surface area contributed by atoms with Crippen molar-refractivity contribution in [2.75, 3.05) is 20.4 Å². The second-order valence-electron chi connectivity index (χ2n) is 8.55. The molecule has 0 saturated heterocycles. The van der Waals surface area contributed by atoms with Crippen molar-refractivity contribution < 1.29 is 29.6 Å². The first-order chi connectivity index (χ1) is 15.7. The Bertz CT molecular complexity index is 1130. The van der Waals surface area contributed by atoms with Gasteiger partial charge in [-0.05, 0) is 53.8 Å².